The van der Waals surface area contributed by atoms with Crippen LogP contribution in [0.2, 0.25) is 0 Å². The summed E-state index contributed by atoms with van der Waals surface area (Å²) in [5, 5.41) is 3.63. The molecule has 0 bridgehead atoms. The third-order valence-electron chi connectivity index (χ3n) is 3.66. The molecule has 17 heavy (non-hydrogen) atoms. The van der Waals surface area contributed by atoms with Crippen molar-refractivity contribution in [2.45, 2.75) is 45.7 Å². The average Bonchev–Trinajstić information content (AvgIpc) is 2.95. The fraction of sp³-hybridized carbons (Fsp3) is 0.769. The molecule has 2 rings (SSSR count). The van der Waals surface area contributed by atoms with E-state index in [1.165, 1.54) is 36.5 Å². The van der Waals surface area contributed by atoms with Crippen LogP contribution in [0.4, 0.5) is 0 Å². The highest BCUT2D eigenvalue weighted by molar-refractivity contribution is 7.09. The van der Waals surface area contributed by atoms with Gasteiger partial charge in [0.05, 0.1) is 11.2 Å². The zero-order valence-electron chi connectivity index (χ0n) is 11.1. The SMILES string of the molecule is Cc1ncsc1C(C)NCC(C)N1CCCC1. The van der Waals surface area contributed by atoms with E-state index in [0.717, 1.165) is 6.54 Å². The average molecular weight is 253 g/mol. The number of hydrogen-bond acceptors (Lipinski definition) is 4. The van der Waals surface area contributed by atoms with Gasteiger partial charge in [-0.15, -0.1) is 11.3 Å². The lowest BCUT2D eigenvalue weighted by molar-refractivity contribution is 0.247. The van der Waals surface area contributed by atoms with Gasteiger partial charge >= 0.3 is 0 Å². The molecule has 0 spiro atoms. The van der Waals surface area contributed by atoms with E-state index < -0.39 is 0 Å². The summed E-state index contributed by atoms with van der Waals surface area (Å²) < 4.78 is 0. The van der Waals surface area contributed by atoms with Gasteiger partial charge in [0.1, 0.15) is 0 Å². The zero-order chi connectivity index (χ0) is 12.3. The third-order valence-corrected chi connectivity index (χ3v) is 4.77. The van der Waals surface area contributed by atoms with Crippen molar-refractivity contribution in [1.82, 2.24) is 15.2 Å². The van der Waals surface area contributed by atoms with Crippen molar-refractivity contribution in [2.75, 3.05) is 19.6 Å². The molecule has 1 N–H and O–H groups in total. The Morgan fingerprint density at radius 2 is 2.12 bits per heavy atom. The molecular formula is C13H23N3S. The van der Waals surface area contributed by atoms with Crippen molar-refractivity contribution in [2.24, 2.45) is 0 Å². The maximum atomic E-state index is 4.31. The molecular weight excluding hydrogens is 230 g/mol. The summed E-state index contributed by atoms with van der Waals surface area (Å²) >= 11 is 1.75. The quantitative estimate of drug-likeness (QED) is 0.874. The molecule has 0 aromatic carbocycles. The lowest BCUT2D eigenvalue weighted by Crippen LogP contribution is -2.39. The second-order valence-electron chi connectivity index (χ2n) is 5.02. The summed E-state index contributed by atoms with van der Waals surface area (Å²) in [7, 11) is 0. The summed E-state index contributed by atoms with van der Waals surface area (Å²) in [6.45, 7) is 10.3. The predicted molar refractivity (Wildman–Crippen MR) is 73.5 cm³/mol. The number of aryl methyl sites for hydroxylation is 1. The zero-order valence-corrected chi connectivity index (χ0v) is 11.9. The predicted octanol–water partition coefficient (Wildman–Crippen LogP) is 2.59. The van der Waals surface area contributed by atoms with Gasteiger partial charge in [-0.25, -0.2) is 4.98 Å². The van der Waals surface area contributed by atoms with Crippen LogP contribution >= 0.6 is 11.3 Å². The van der Waals surface area contributed by atoms with Crippen LogP contribution in [0.3, 0.4) is 0 Å². The molecule has 2 unspecified atom stereocenters. The first-order valence-corrected chi connectivity index (χ1v) is 7.44. The number of hydrogen-bond donors (Lipinski definition) is 1. The molecule has 1 fully saturated rings. The van der Waals surface area contributed by atoms with E-state index in [4.69, 9.17) is 0 Å². The van der Waals surface area contributed by atoms with Crippen molar-refractivity contribution in [3.05, 3.63) is 16.1 Å². The van der Waals surface area contributed by atoms with Crippen LogP contribution in [0.15, 0.2) is 5.51 Å². The van der Waals surface area contributed by atoms with Gasteiger partial charge in [-0.3, -0.25) is 4.90 Å². The second-order valence-corrected chi connectivity index (χ2v) is 5.91. The normalized spacial score (nSPS) is 20.6. The maximum absolute atomic E-state index is 4.31. The van der Waals surface area contributed by atoms with Crippen molar-refractivity contribution in [1.29, 1.82) is 0 Å². The first-order chi connectivity index (χ1) is 8.18. The molecule has 1 aliphatic heterocycles. The van der Waals surface area contributed by atoms with E-state index in [1.54, 1.807) is 11.3 Å². The molecule has 0 saturated carbocycles. The lowest BCUT2D eigenvalue weighted by Gasteiger charge is -2.25. The molecule has 1 aromatic rings. The van der Waals surface area contributed by atoms with E-state index in [-0.39, 0.29) is 0 Å². The Labute approximate surface area is 108 Å². The first kappa shape index (κ1) is 13.0. The highest BCUT2D eigenvalue weighted by Crippen LogP contribution is 2.21. The fourth-order valence-electron chi connectivity index (χ4n) is 2.48. The van der Waals surface area contributed by atoms with Gasteiger partial charge in [0.2, 0.25) is 0 Å². The summed E-state index contributed by atoms with van der Waals surface area (Å²) in [6, 6.07) is 1.07. The van der Waals surface area contributed by atoms with E-state index in [0.29, 0.717) is 12.1 Å². The molecule has 1 aliphatic rings. The van der Waals surface area contributed by atoms with Crippen LogP contribution in [0, 0.1) is 6.92 Å². The van der Waals surface area contributed by atoms with Crippen LogP contribution in [0.1, 0.15) is 43.3 Å². The smallest absolute Gasteiger partial charge is 0.0798 e. The van der Waals surface area contributed by atoms with Crippen LogP contribution in [-0.2, 0) is 0 Å². The van der Waals surface area contributed by atoms with Crippen molar-refractivity contribution in [3.63, 3.8) is 0 Å². The minimum absolute atomic E-state index is 0.424. The van der Waals surface area contributed by atoms with Crippen LogP contribution < -0.4 is 5.32 Å². The van der Waals surface area contributed by atoms with Crippen LogP contribution in [-0.4, -0.2) is 35.6 Å². The molecule has 2 atom stereocenters. The summed E-state index contributed by atoms with van der Waals surface area (Å²) in [5.74, 6) is 0. The molecule has 1 saturated heterocycles. The van der Waals surface area contributed by atoms with Crippen molar-refractivity contribution in [3.8, 4) is 0 Å². The fourth-order valence-corrected chi connectivity index (χ4v) is 3.31. The van der Waals surface area contributed by atoms with Gasteiger partial charge < -0.3 is 5.32 Å². The van der Waals surface area contributed by atoms with Gasteiger partial charge in [0.15, 0.2) is 0 Å². The summed E-state index contributed by atoms with van der Waals surface area (Å²) in [6.07, 6.45) is 2.74. The van der Waals surface area contributed by atoms with Crippen LogP contribution in [0.5, 0.6) is 0 Å². The molecule has 0 aliphatic carbocycles. The highest BCUT2D eigenvalue weighted by atomic mass is 32.1. The van der Waals surface area contributed by atoms with E-state index >= 15 is 0 Å². The van der Waals surface area contributed by atoms with E-state index in [1.807, 2.05) is 5.51 Å². The van der Waals surface area contributed by atoms with Crippen LogP contribution in [0.25, 0.3) is 0 Å². The second kappa shape index (κ2) is 5.94. The van der Waals surface area contributed by atoms with Gasteiger partial charge in [-0.2, -0.15) is 0 Å². The van der Waals surface area contributed by atoms with Gasteiger partial charge in [0, 0.05) is 23.5 Å². The monoisotopic (exact) mass is 253 g/mol. The minimum Gasteiger partial charge on any atom is -0.308 e. The summed E-state index contributed by atoms with van der Waals surface area (Å²) in [4.78, 5) is 8.27. The lowest BCUT2D eigenvalue weighted by atomic mass is 10.2. The number of nitrogens with zero attached hydrogens (tertiary/aromatic N) is 2. The van der Waals surface area contributed by atoms with E-state index in [2.05, 4.69) is 36.0 Å². The molecule has 96 valence electrons. The Kier molecular flexibility index (Phi) is 4.54. The number of aromatic nitrogens is 1. The third kappa shape index (κ3) is 3.27. The molecule has 0 amide bonds. The molecule has 3 nitrogen and oxygen atoms in total. The van der Waals surface area contributed by atoms with Gasteiger partial charge in [0.25, 0.3) is 0 Å². The Morgan fingerprint density at radius 1 is 1.41 bits per heavy atom. The molecule has 2 heterocycles. The number of rotatable bonds is 5. The standard InChI is InChI=1S/C13H23N3S/c1-10(16-6-4-5-7-16)8-14-11(2)13-12(3)15-9-17-13/h9-11,14H,4-8H2,1-3H3. The first-order valence-electron chi connectivity index (χ1n) is 6.56. The minimum atomic E-state index is 0.424. The Hall–Kier alpha value is -0.450. The molecule has 1 aromatic heterocycles. The molecule has 4 heteroatoms. The largest absolute Gasteiger partial charge is 0.308 e. The maximum Gasteiger partial charge on any atom is 0.0798 e. The highest BCUT2D eigenvalue weighted by Gasteiger charge is 2.19. The molecule has 0 radical (unpaired) electrons. The van der Waals surface area contributed by atoms with Gasteiger partial charge in [-0.05, 0) is 46.7 Å². The van der Waals surface area contributed by atoms with E-state index in [9.17, 15) is 0 Å². The number of likely N-dealkylation sites (tertiary alicyclic amines) is 1. The number of nitrogens with one attached hydrogen (secondary N) is 1. The Morgan fingerprint density at radius 3 is 2.71 bits per heavy atom. The Balaban J connectivity index is 1.79. The van der Waals surface area contributed by atoms with Gasteiger partial charge in [-0.1, -0.05) is 0 Å². The number of thiazole rings is 1. The van der Waals surface area contributed by atoms with Crippen molar-refractivity contribution < 1.29 is 0 Å². The summed E-state index contributed by atoms with van der Waals surface area (Å²) in [5.41, 5.74) is 3.11. The topological polar surface area (TPSA) is 28.2 Å². The Bertz CT molecular complexity index is 344. The van der Waals surface area contributed by atoms with Crippen molar-refractivity contribution >= 4 is 11.3 Å².